The van der Waals surface area contributed by atoms with Crippen LogP contribution < -0.4 is 9.44 Å². The van der Waals surface area contributed by atoms with Gasteiger partial charge in [-0.15, -0.1) is 0 Å². The van der Waals surface area contributed by atoms with Crippen LogP contribution >= 0.6 is 0 Å². The van der Waals surface area contributed by atoms with Crippen LogP contribution in [0.2, 0.25) is 0 Å². The Labute approximate surface area is 113 Å². The maximum atomic E-state index is 11.5. The lowest BCUT2D eigenvalue weighted by Gasteiger charge is -2.17. The predicted molar refractivity (Wildman–Crippen MR) is 66.6 cm³/mol. The van der Waals surface area contributed by atoms with Gasteiger partial charge in [0.2, 0.25) is 0 Å². The molecule has 0 saturated carbocycles. The highest BCUT2D eigenvalue weighted by atomic mass is 32.2. The molecule has 8 nitrogen and oxygen atoms in total. The highest BCUT2D eigenvalue weighted by molar-refractivity contribution is 7.88. The van der Waals surface area contributed by atoms with E-state index in [4.69, 9.17) is 9.47 Å². The van der Waals surface area contributed by atoms with Crippen LogP contribution in [0.1, 0.15) is 27.7 Å². The molecule has 1 atom stereocenters. The number of rotatable bonds is 5. The van der Waals surface area contributed by atoms with Crippen molar-refractivity contribution in [3.63, 3.8) is 0 Å². The minimum Gasteiger partial charge on any atom is -0.446 e. The van der Waals surface area contributed by atoms with Crippen molar-refractivity contribution in [1.82, 2.24) is 9.44 Å². The molecule has 1 rings (SSSR count). The molecule has 19 heavy (non-hydrogen) atoms. The third kappa shape index (κ3) is 6.19. The van der Waals surface area contributed by atoms with Gasteiger partial charge in [-0.1, -0.05) is 0 Å². The average Bonchev–Trinajstić information content (AvgIpc) is 2.53. The fraction of sp³-hybridized carbons (Fsp3) is 0.900. The first kappa shape index (κ1) is 16.2. The van der Waals surface area contributed by atoms with Crippen molar-refractivity contribution in [3.8, 4) is 0 Å². The zero-order chi connectivity index (χ0) is 14.7. The molecule has 1 unspecified atom stereocenters. The predicted octanol–water partition coefficient (Wildman–Crippen LogP) is 0.107. The Kier molecular flexibility index (Phi) is 5.13. The van der Waals surface area contributed by atoms with Crippen molar-refractivity contribution in [2.75, 3.05) is 13.2 Å². The summed E-state index contributed by atoms with van der Waals surface area (Å²) >= 11 is 0. The van der Waals surface area contributed by atoms with E-state index in [0.29, 0.717) is 0 Å². The van der Waals surface area contributed by atoms with Gasteiger partial charge in [-0.05, 0) is 27.7 Å². The lowest BCUT2D eigenvalue weighted by molar-refractivity contribution is -0.137. The minimum atomic E-state index is -3.96. The quantitative estimate of drug-likeness (QED) is 0.746. The first-order valence-corrected chi connectivity index (χ1v) is 7.38. The molecule has 1 amide bonds. The molecule has 0 radical (unpaired) electrons. The number of carbonyl (C=O) groups excluding carboxylic acids is 1. The Bertz CT molecular complexity index is 420. The monoisotopic (exact) mass is 296 g/mol. The van der Waals surface area contributed by atoms with Crippen LogP contribution in [0.4, 0.5) is 4.79 Å². The molecular weight excluding hydrogens is 276 g/mol. The highest BCUT2D eigenvalue weighted by Gasteiger charge is 2.33. The molecule has 0 aliphatic carbocycles. The summed E-state index contributed by atoms with van der Waals surface area (Å²) in [6.45, 7) is 7.00. The van der Waals surface area contributed by atoms with Crippen LogP contribution in [0, 0.1) is 0 Å². The maximum absolute atomic E-state index is 11.5. The molecule has 2 N–H and O–H groups in total. The summed E-state index contributed by atoms with van der Waals surface area (Å²) < 4.78 is 42.3. The Balaban J connectivity index is 2.37. The Hall–Kier alpha value is -0.900. The summed E-state index contributed by atoms with van der Waals surface area (Å²) in [7, 11) is -3.96. The van der Waals surface area contributed by atoms with Gasteiger partial charge < -0.3 is 14.2 Å². The summed E-state index contributed by atoms with van der Waals surface area (Å²) in [5, 5.41) is 0. The zero-order valence-electron chi connectivity index (χ0n) is 11.4. The van der Waals surface area contributed by atoms with Crippen molar-refractivity contribution in [1.29, 1.82) is 0 Å². The number of carbonyl (C=O) groups is 1. The van der Waals surface area contributed by atoms with Crippen LogP contribution in [-0.2, 0) is 24.4 Å². The molecular formula is C10H20N2O6S. The topological polar surface area (TPSA) is 103 Å². The molecule has 0 spiro atoms. The standard InChI is InChI=1S/C10H20N2O6S/c1-7(2)17-9(13)12-19(14,15)11-5-8-6-16-10(3,4)18-8/h7-8,11H,5-6H2,1-4H3,(H,12,13). The zero-order valence-corrected chi connectivity index (χ0v) is 12.2. The minimum absolute atomic E-state index is 0.00766. The summed E-state index contributed by atoms with van der Waals surface area (Å²) in [5.41, 5.74) is 0. The first-order valence-electron chi connectivity index (χ1n) is 5.89. The number of hydrogen-bond acceptors (Lipinski definition) is 6. The van der Waals surface area contributed by atoms with E-state index in [1.54, 1.807) is 32.4 Å². The van der Waals surface area contributed by atoms with E-state index in [1.165, 1.54) is 0 Å². The molecule has 9 heteroatoms. The van der Waals surface area contributed by atoms with Crippen molar-refractivity contribution in [2.24, 2.45) is 0 Å². The summed E-state index contributed by atoms with van der Waals surface area (Å²) in [6, 6.07) is 0. The van der Waals surface area contributed by atoms with Gasteiger partial charge in [0.05, 0.1) is 18.8 Å². The molecule has 0 aromatic heterocycles. The van der Waals surface area contributed by atoms with Crippen LogP contribution in [-0.4, -0.2) is 45.7 Å². The Morgan fingerprint density at radius 3 is 2.58 bits per heavy atom. The van der Waals surface area contributed by atoms with Gasteiger partial charge in [-0.3, -0.25) is 0 Å². The molecule has 0 aromatic rings. The van der Waals surface area contributed by atoms with Crippen molar-refractivity contribution >= 4 is 16.3 Å². The van der Waals surface area contributed by atoms with E-state index in [9.17, 15) is 13.2 Å². The van der Waals surface area contributed by atoms with Crippen LogP contribution in [0.5, 0.6) is 0 Å². The molecule has 0 bridgehead atoms. The van der Waals surface area contributed by atoms with Gasteiger partial charge >= 0.3 is 16.3 Å². The molecule has 1 saturated heterocycles. The van der Waals surface area contributed by atoms with E-state index in [-0.39, 0.29) is 13.2 Å². The third-order valence-corrected chi connectivity index (χ3v) is 3.11. The van der Waals surface area contributed by atoms with E-state index < -0.39 is 34.3 Å². The normalized spacial score (nSPS) is 22.5. The number of hydrogen-bond donors (Lipinski definition) is 2. The molecule has 0 aromatic carbocycles. The summed E-state index contributed by atoms with van der Waals surface area (Å²) in [4.78, 5) is 11.2. The SMILES string of the molecule is CC(C)OC(=O)NS(=O)(=O)NCC1COC(C)(C)O1. The van der Waals surface area contributed by atoms with Gasteiger partial charge in [0, 0.05) is 6.54 Å². The van der Waals surface area contributed by atoms with Crippen LogP contribution in [0.3, 0.4) is 0 Å². The number of ether oxygens (including phenoxy) is 3. The number of amides is 1. The van der Waals surface area contributed by atoms with E-state index >= 15 is 0 Å². The lowest BCUT2D eigenvalue weighted by Crippen LogP contribution is -2.44. The van der Waals surface area contributed by atoms with Crippen LogP contribution in [0.25, 0.3) is 0 Å². The second-order valence-corrected chi connectivity index (χ2v) is 6.36. The van der Waals surface area contributed by atoms with Gasteiger partial charge in [0.15, 0.2) is 5.79 Å². The second-order valence-electron chi connectivity index (χ2n) is 4.86. The number of nitrogens with one attached hydrogen (secondary N) is 2. The van der Waals surface area contributed by atoms with E-state index in [1.807, 2.05) is 0 Å². The van der Waals surface area contributed by atoms with Crippen molar-refractivity contribution in [2.45, 2.75) is 45.7 Å². The lowest BCUT2D eigenvalue weighted by atomic mass is 10.4. The summed E-state index contributed by atoms with van der Waals surface area (Å²) in [5.74, 6) is -0.722. The van der Waals surface area contributed by atoms with Gasteiger partial charge in [-0.25, -0.2) is 9.52 Å². The average molecular weight is 296 g/mol. The third-order valence-electron chi connectivity index (χ3n) is 2.13. The second kappa shape index (κ2) is 6.04. The highest BCUT2D eigenvalue weighted by Crippen LogP contribution is 2.21. The Morgan fingerprint density at radius 1 is 1.47 bits per heavy atom. The van der Waals surface area contributed by atoms with Crippen molar-refractivity contribution < 1.29 is 27.4 Å². The molecule has 1 fully saturated rings. The Morgan fingerprint density at radius 2 is 2.11 bits per heavy atom. The fourth-order valence-electron chi connectivity index (χ4n) is 1.45. The largest absolute Gasteiger partial charge is 0.446 e. The molecule has 1 heterocycles. The molecule has 1 aliphatic rings. The smallest absolute Gasteiger partial charge is 0.422 e. The molecule has 1 aliphatic heterocycles. The van der Waals surface area contributed by atoms with E-state index in [0.717, 1.165) is 0 Å². The van der Waals surface area contributed by atoms with Gasteiger partial charge in [0.1, 0.15) is 0 Å². The first-order chi connectivity index (χ1) is 8.60. The molecule has 112 valence electrons. The maximum Gasteiger partial charge on any atom is 0.422 e. The fourth-order valence-corrected chi connectivity index (χ4v) is 2.20. The van der Waals surface area contributed by atoms with E-state index in [2.05, 4.69) is 9.46 Å². The van der Waals surface area contributed by atoms with Gasteiger partial charge in [-0.2, -0.15) is 13.1 Å². The van der Waals surface area contributed by atoms with Gasteiger partial charge in [0.25, 0.3) is 0 Å². The van der Waals surface area contributed by atoms with Crippen LogP contribution in [0.15, 0.2) is 0 Å². The van der Waals surface area contributed by atoms with Crippen molar-refractivity contribution in [3.05, 3.63) is 0 Å². The summed E-state index contributed by atoms with van der Waals surface area (Å²) in [6.07, 6.45) is -1.82.